The molecule has 0 saturated carbocycles. The molecule has 2 aromatic carbocycles. The van der Waals surface area contributed by atoms with Gasteiger partial charge in [0, 0.05) is 23.4 Å². The summed E-state index contributed by atoms with van der Waals surface area (Å²) in [5, 5.41) is 16.5. The van der Waals surface area contributed by atoms with Gasteiger partial charge in [0.25, 0.3) is 11.6 Å². The van der Waals surface area contributed by atoms with Gasteiger partial charge in [0.15, 0.2) is 0 Å². The van der Waals surface area contributed by atoms with Crippen LogP contribution in [0.15, 0.2) is 53.7 Å². The fourth-order valence-corrected chi connectivity index (χ4v) is 1.68. The molecular weight excluding hydrogens is 305 g/mol. The van der Waals surface area contributed by atoms with Gasteiger partial charge in [0.2, 0.25) is 0 Å². The number of nitro groups is 1. The maximum Gasteiger partial charge on any atom is 0.271 e. The standard InChI is InChI=1S/C15H12FN3O4/c16-14-7-2-1-4-11(14)10-23-17-9-15(20)18-12-5-3-6-13(8-12)19(21)22/h1-9H,10H2,(H,18,20)/b17-9-. The Kier molecular flexibility index (Phi) is 5.35. The van der Waals surface area contributed by atoms with E-state index >= 15 is 0 Å². The second-order valence-electron chi connectivity index (χ2n) is 4.40. The van der Waals surface area contributed by atoms with Crippen molar-refractivity contribution in [3.8, 4) is 0 Å². The van der Waals surface area contributed by atoms with E-state index in [4.69, 9.17) is 4.84 Å². The average molecular weight is 317 g/mol. The Labute approximate surface area is 130 Å². The van der Waals surface area contributed by atoms with Crippen molar-refractivity contribution in [1.82, 2.24) is 0 Å². The van der Waals surface area contributed by atoms with Crippen LogP contribution in [-0.2, 0) is 16.2 Å². The van der Waals surface area contributed by atoms with Crippen LogP contribution < -0.4 is 5.32 Å². The number of halogens is 1. The van der Waals surface area contributed by atoms with E-state index in [1.807, 2.05) is 0 Å². The lowest BCUT2D eigenvalue weighted by molar-refractivity contribution is -0.384. The SMILES string of the molecule is O=C(/C=N\OCc1ccccc1F)Nc1cccc([N+](=O)[O-])c1. The van der Waals surface area contributed by atoms with E-state index in [1.54, 1.807) is 12.1 Å². The Hall–Kier alpha value is -3.29. The number of benzene rings is 2. The predicted octanol–water partition coefficient (Wildman–Crippen LogP) is 2.88. The lowest BCUT2D eigenvalue weighted by Gasteiger charge is -2.02. The number of nitrogens with one attached hydrogen (secondary N) is 1. The third-order valence-corrected chi connectivity index (χ3v) is 2.75. The fourth-order valence-electron chi connectivity index (χ4n) is 1.68. The van der Waals surface area contributed by atoms with Crippen molar-refractivity contribution in [2.75, 3.05) is 5.32 Å². The van der Waals surface area contributed by atoms with Crippen LogP contribution >= 0.6 is 0 Å². The maximum absolute atomic E-state index is 13.3. The molecule has 0 unspecified atom stereocenters. The molecule has 0 fully saturated rings. The number of hydrogen-bond donors (Lipinski definition) is 1. The first-order valence-electron chi connectivity index (χ1n) is 6.50. The summed E-state index contributed by atoms with van der Waals surface area (Å²) in [5.41, 5.74) is 0.420. The van der Waals surface area contributed by atoms with Gasteiger partial charge in [-0.15, -0.1) is 0 Å². The Morgan fingerprint density at radius 1 is 1.30 bits per heavy atom. The van der Waals surface area contributed by atoms with Crippen LogP contribution in [-0.4, -0.2) is 17.0 Å². The summed E-state index contributed by atoms with van der Waals surface area (Å²) in [6, 6.07) is 11.5. The molecule has 0 aliphatic rings. The van der Waals surface area contributed by atoms with Crippen LogP contribution in [0.2, 0.25) is 0 Å². The molecule has 0 saturated heterocycles. The van der Waals surface area contributed by atoms with Crippen molar-refractivity contribution in [3.63, 3.8) is 0 Å². The molecule has 0 bridgehead atoms. The molecule has 0 radical (unpaired) electrons. The number of non-ortho nitro benzene ring substituents is 1. The van der Waals surface area contributed by atoms with Gasteiger partial charge >= 0.3 is 0 Å². The number of carbonyl (C=O) groups excluding carboxylic acids is 1. The van der Waals surface area contributed by atoms with E-state index in [0.717, 1.165) is 6.21 Å². The summed E-state index contributed by atoms with van der Waals surface area (Å²) in [5.74, 6) is -1.05. The first-order valence-corrected chi connectivity index (χ1v) is 6.50. The van der Waals surface area contributed by atoms with Crippen molar-refractivity contribution >= 4 is 23.5 Å². The Morgan fingerprint density at radius 3 is 2.83 bits per heavy atom. The first kappa shape index (κ1) is 16.1. The smallest absolute Gasteiger partial charge is 0.271 e. The van der Waals surface area contributed by atoms with Gasteiger partial charge in [-0.1, -0.05) is 29.4 Å². The molecule has 118 valence electrons. The maximum atomic E-state index is 13.3. The zero-order valence-corrected chi connectivity index (χ0v) is 11.8. The molecule has 0 spiro atoms. The third-order valence-electron chi connectivity index (χ3n) is 2.75. The lowest BCUT2D eigenvalue weighted by Crippen LogP contribution is -2.13. The van der Waals surface area contributed by atoms with Gasteiger partial charge in [-0.25, -0.2) is 4.39 Å². The summed E-state index contributed by atoms with van der Waals surface area (Å²) < 4.78 is 13.3. The fraction of sp³-hybridized carbons (Fsp3) is 0.0667. The van der Waals surface area contributed by atoms with Crippen molar-refractivity contribution in [3.05, 3.63) is 70.0 Å². The Morgan fingerprint density at radius 2 is 2.09 bits per heavy atom. The van der Waals surface area contributed by atoms with E-state index in [2.05, 4.69) is 10.5 Å². The Bertz CT molecular complexity index is 749. The summed E-state index contributed by atoms with van der Waals surface area (Å²) >= 11 is 0. The Balaban J connectivity index is 1.86. The molecule has 1 N–H and O–H groups in total. The van der Waals surface area contributed by atoms with Crippen LogP contribution in [0.5, 0.6) is 0 Å². The van der Waals surface area contributed by atoms with Crippen LogP contribution in [0.3, 0.4) is 0 Å². The second-order valence-corrected chi connectivity index (χ2v) is 4.40. The molecule has 2 rings (SSSR count). The normalized spacial score (nSPS) is 10.5. The number of rotatable bonds is 6. The highest BCUT2D eigenvalue weighted by Crippen LogP contribution is 2.16. The highest BCUT2D eigenvalue weighted by atomic mass is 19.1. The summed E-state index contributed by atoms with van der Waals surface area (Å²) in [4.78, 5) is 26.5. The molecule has 0 atom stereocenters. The van der Waals surface area contributed by atoms with Gasteiger partial charge in [0.1, 0.15) is 18.6 Å². The molecule has 8 heteroatoms. The minimum Gasteiger partial charge on any atom is -0.391 e. The van der Waals surface area contributed by atoms with Gasteiger partial charge in [-0.2, -0.15) is 0 Å². The molecule has 23 heavy (non-hydrogen) atoms. The average Bonchev–Trinajstić information content (AvgIpc) is 2.53. The number of amides is 1. The molecule has 0 aliphatic heterocycles. The first-order chi connectivity index (χ1) is 11.1. The van der Waals surface area contributed by atoms with Crippen LogP contribution in [0, 0.1) is 15.9 Å². The van der Waals surface area contributed by atoms with Gasteiger partial charge in [0.05, 0.1) is 4.92 Å². The number of nitro benzene ring substituents is 1. The molecule has 0 aromatic heterocycles. The molecule has 2 aromatic rings. The van der Waals surface area contributed by atoms with Crippen LogP contribution in [0.4, 0.5) is 15.8 Å². The topological polar surface area (TPSA) is 93.8 Å². The van der Waals surface area contributed by atoms with E-state index in [-0.39, 0.29) is 18.0 Å². The number of nitrogens with zero attached hydrogens (tertiary/aromatic N) is 2. The second kappa shape index (κ2) is 7.64. The largest absolute Gasteiger partial charge is 0.391 e. The van der Waals surface area contributed by atoms with Crippen molar-refractivity contribution < 1.29 is 18.9 Å². The molecule has 0 aliphatic carbocycles. The van der Waals surface area contributed by atoms with E-state index in [0.29, 0.717) is 5.56 Å². The van der Waals surface area contributed by atoms with Crippen LogP contribution in [0.1, 0.15) is 5.56 Å². The van der Waals surface area contributed by atoms with E-state index in [9.17, 15) is 19.3 Å². The number of carbonyl (C=O) groups is 1. The monoisotopic (exact) mass is 317 g/mol. The van der Waals surface area contributed by atoms with E-state index in [1.165, 1.54) is 36.4 Å². The minimum absolute atomic E-state index is 0.118. The predicted molar refractivity (Wildman–Crippen MR) is 81.4 cm³/mol. The lowest BCUT2D eigenvalue weighted by atomic mass is 10.2. The molecule has 0 heterocycles. The highest BCUT2D eigenvalue weighted by Gasteiger charge is 2.07. The van der Waals surface area contributed by atoms with Crippen molar-refractivity contribution in [2.45, 2.75) is 6.61 Å². The third kappa shape index (κ3) is 4.88. The van der Waals surface area contributed by atoms with Crippen molar-refractivity contribution in [1.29, 1.82) is 0 Å². The molecular formula is C15H12FN3O4. The van der Waals surface area contributed by atoms with Crippen LogP contribution in [0.25, 0.3) is 0 Å². The number of oxime groups is 1. The number of anilines is 1. The molecule has 1 amide bonds. The van der Waals surface area contributed by atoms with Gasteiger partial charge in [-0.05, 0) is 12.1 Å². The zero-order valence-electron chi connectivity index (χ0n) is 11.8. The summed E-state index contributed by atoms with van der Waals surface area (Å²) in [6.07, 6.45) is 0.861. The summed E-state index contributed by atoms with van der Waals surface area (Å²) in [7, 11) is 0. The summed E-state index contributed by atoms with van der Waals surface area (Å²) in [6.45, 7) is -0.118. The van der Waals surface area contributed by atoms with Gasteiger partial charge in [-0.3, -0.25) is 14.9 Å². The zero-order chi connectivity index (χ0) is 16.7. The highest BCUT2D eigenvalue weighted by molar-refractivity contribution is 6.31. The minimum atomic E-state index is -0.626. The molecule has 7 nitrogen and oxygen atoms in total. The van der Waals surface area contributed by atoms with E-state index < -0.39 is 16.6 Å². The van der Waals surface area contributed by atoms with Gasteiger partial charge < -0.3 is 10.2 Å². The number of hydrogen-bond acceptors (Lipinski definition) is 5. The van der Waals surface area contributed by atoms with Crippen molar-refractivity contribution in [2.24, 2.45) is 5.16 Å². The quantitative estimate of drug-likeness (QED) is 0.503.